The van der Waals surface area contributed by atoms with E-state index < -0.39 is 11.6 Å². The third-order valence-corrected chi connectivity index (χ3v) is 5.67. The monoisotopic (exact) mass is 396 g/mol. The van der Waals surface area contributed by atoms with Crippen LogP contribution < -0.4 is 0 Å². The molecule has 2 heterocycles. The van der Waals surface area contributed by atoms with Gasteiger partial charge in [0.05, 0.1) is 11.4 Å². The van der Waals surface area contributed by atoms with Crippen LogP contribution >= 0.6 is 0 Å². The number of rotatable bonds is 5. The molecule has 3 rings (SSSR count). The van der Waals surface area contributed by atoms with Crippen LogP contribution in [0, 0.1) is 11.6 Å². The summed E-state index contributed by atoms with van der Waals surface area (Å²) in [6.45, 7) is 14.0. The maximum Gasteiger partial charge on any atom is 0.133 e. The van der Waals surface area contributed by atoms with Gasteiger partial charge in [-0.15, -0.1) is 0 Å². The summed E-state index contributed by atoms with van der Waals surface area (Å²) < 4.78 is 27.5. The summed E-state index contributed by atoms with van der Waals surface area (Å²) in [4.78, 5) is 4.76. The first-order valence-corrected chi connectivity index (χ1v) is 10.4. The fraction of sp³-hybridized carbons (Fsp3) is 0.360. The van der Waals surface area contributed by atoms with Crippen molar-refractivity contribution in [2.24, 2.45) is 0 Å². The highest BCUT2D eigenvalue weighted by atomic mass is 19.1. The van der Waals surface area contributed by atoms with E-state index in [1.165, 1.54) is 37.1 Å². The molecule has 2 aliphatic rings. The maximum atomic E-state index is 14.2. The Hall–Kier alpha value is -2.62. The van der Waals surface area contributed by atoms with Gasteiger partial charge >= 0.3 is 0 Å². The van der Waals surface area contributed by atoms with Crippen molar-refractivity contribution in [3.05, 3.63) is 90.0 Å². The molecule has 0 radical (unpaired) electrons. The van der Waals surface area contributed by atoms with Crippen molar-refractivity contribution < 1.29 is 8.78 Å². The van der Waals surface area contributed by atoms with Gasteiger partial charge in [0.1, 0.15) is 11.6 Å². The van der Waals surface area contributed by atoms with Crippen molar-refractivity contribution in [1.82, 2.24) is 9.80 Å². The molecule has 2 saturated heterocycles. The third-order valence-electron chi connectivity index (χ3n) is 5.67. The van der Waals surface area contributed by atoms with Gasteiger partial charge in [0.25, 0.3) is 0 Å². The average molecular weight is 397 g/mol. The van der Waals surface area contributed by atoms with Crippen molar-refractivity contribution in [2.75, 3.05) is 13.1 Å². The fourth-order valence-corrected chi connectivity index (χ4v) is 4.22. The quantitative estimate of drug-likeness (QED) is 0.530. The van der Waals surface area contributed by atoms with E-state index in [4.69, 9.17) is 0 Å². The zero-order chi connectivity index (χ0) is 21.0. The second-order valence-corrected chi connectivity index (χ2v) is 7.70. The van der Waals surface area contributed by atoms with Crippen LogP contribution in [-0.2, 0) is 0 Å². The largest absolute Gasteiger partial charge is 0.365 e. The lowest BCUT2D eigenvalue weighted by Gasteiger charge is -2.48. The molecule has 2 nitrogen and oxygen atoms in total. The predicted molar refractivity (Wildman–Crippen MR) is 117 cm³/mol. The zero-order valence-electron chi connectivity index (χ0n) is 17.4. The van der Waals surface area contributed by atoms with Gasteiger partial charge in [-0.25, -0.2) is 8.78 Å². The molecule has 0 amide bonds. The molecule has 2 fully saturated rings. The number of hydrogen-bond donors (Lipinski definition) is 0. The Morgan fingerprint density at radius 2 is 2.03 bits per heavy atom. The molecule has 1 aromatic rings. The Morgan fingerprint density at radius 3 is 2.72 bits per heavy atom. The first kappa shape index (κ1) is 21.1. The topological polar surface area (TPSA) is 6.48 Å². The summed E-state index contributed by atoms with van der Waals surface area (Å²) in [5.74, 6) is -1.17. The summed E-state index contributed by atoms with van der Waals surface area (Å²) in [6.07, 6.45) is 12.7. The number of fused-ring (bicyclic) bond motifs is 1. The average Bonchev–Trinajstić information content (AvgIpc) is 2.70. The van der Waals surface area contributed by atoms with Crippen LogP contribution in [0.4, 0.5) is 8.78 Å². The van der Waals surface area contributed by atoms with E-state index in [1.807, 2.05) is 25.3 Å². The van der Waals surface area contributed by atoms with Crippen LogP contribution in [0.3, 0.4) is 0 Å². The van der Waals surface area contributed by atoms with Crippen LogP contribution in [0.25, 0.3) is 5.57 Å². The van der Waals surface area contributed by atoms with Crippen LogP contribution in [0.5, 0.6) is 0 Å². The van der Waals surface area contributed by atoms with Gasteiger partial charge in [-0.2, -0.15) is 0 Å². The summed E-state index contributed by atoms with van der Waals surface area (Å²) in [7, 11) is 0. The van der Waals surface area contributed by atoms with Crippen LogP contribution in [-0.4, -0.2) is 28.9 Å². The lowest BCUT2D eigenvalue weighted by molar-refractivity contribution is 0.135. The van der Waals surface area contributed by atoms with Crippen molar-refractivity contribution in [1.29, 1.82) is 0 Å². The molecule has 0 aromatic heterocycles. The zero-order valence-corrected chi connectivity index (χ0v) is 17.4. The molecule has 0 aliphatic carbocycles. The smallest absolute Gasteiger partial charge is 0.133 e. The van der Waals surface area contributed by atoms with Crippen molar-refractivity contribution >= 4 is 5.57 Å². The van der Waals surface area contributed by atoms with E-state index in [-0.39, 0.29) is 0 Å². The van der Waals surface area contributed by atoms with Crippen LogP contribution in [0.2, 0.25) is 0 Å². The highest BCUT2D eigenvalue weighted by Crippen LogP contribution is 2.35. The minimum absolute atomic E-state index is 0.329. The summed E-state index contributed by atoms with van der Waals surface area (Å²) in [6, 6.07) is 4.08. The Bertz CT molecular complexity index is 879. The summed E-state index contributed by atoms with van der Waals surface area (Å²) in [5.41, 5.74) is 4.09. The van der Waals surface area contributed by atoms with E-state index in [0.29, 0.717) is 17.2 Å². The van der Waals surface area contributed by atoms with Gasteiger partial charge in [-0.3, -0.25) is 0 Å². The molecule has 0 N–H and O–H groups in total. The number of benzene rings is 1. The molecular weight excluding hydrogens is 366 g/mol. The Labute approximate surface area is 173 Å². The Morgan fingerprint density at radius 1 is 1.24 bits per heavy atom. The highest BCUT2D eigenvalue weighted by molar-refractivity contribution is 5.76. The van der Waals surface area contributed by atoms with Crippen LogP contribution in [0.1, 0.15) is 45.1 Å². The van der Waals surface area contributed by atoms with Gasteiger partial charge < -0.3 is 9.80 Å². The van der Waals surface area contributed by atoms with E-state index in [9.17, 15) is 8.78 Å². The van der Waals surface area contributed by atoms with E-state index in [0.717, 1.165) is 36.8 Å². The fourth-order valence-electron chi connectivity index (χ4n) is 4.22. The van der Waals surface area contributed by atoms with Crippen molar-refractivity contribution in [2.45, 2.75) is 45.6 Å². The Kier molecular flexibility index (Phi) is 6.73. The van der Waals surface area contributed by atoms with Gasteiger partial charge in [0, 0.05) is 37.0 Å². The Balaban J connectivity index is 1.96. The first-order valence-electron chi connectivity index (χ1n) is 10.4. The maximum absolute atomic E-state index is 14.2. The van der Waals surface area contributed by atoms with Gasteiger partial charge in [-0.05, 0) is 62.0 Å². The highest BCUT2D eigenvalue weighted by Gasteiger charge is 2.33. The van der Waals surface area contributed by atoms with Gasteiger partial charge in [-0.1, -0.05) is 32.2 Å². The third kappa shape index (κ3) is 4.52. The number of piperazine rings is 1. The summed E-state index contributed by atoms with van der Waals surface area (Å²) in [5, 5.41) is 0. The minimum atomic E-state index is -0.590. The molecule has 29 heavy (non-hydrogen) atoms. The molecular formula is C25H30F2N2. The van der Waals surface area contributed by atoms with Crippen LogP contribution in [0.15, 0.2) is 72.8 Å². The minimum Gasteiger partial charge on any atom is -0.365 e. The number of halogens is 2. The molecule has 0 spiro atoms. The van der Waals surface area contributed by atoms with E-state index >= 15 is 0 Å². The number of allylic oxidation sites excluding steroid dienone is 5. The predicted octanol–water partition coefficient (Wildman–Crippen LogP) is 6.42. The van der Waals surface area contributed by atoms with E-state index in [1.54, 1.807) is 0 Å². The molecule has 2 aliphatic heterocycles. The standard InChI is InChI=1S/C25H30F2N2/c1-5-9-24-25(10-6-2)29-14-8-7-11-21(29)17-28(24)16-18(3)19(4)22-13-12-20(26)15-23(22)27/h5,9-10,12-13,15-16,21H,1,4,6-8,11,14,17H2,2-3H3/b18-16+,24-9-,25-10+. The molecule has 1 aromatic carbocycles. The lowest BCUT2D eigenvalue weighted by Crippen LogP contribution is -2.50. The SMILES string of the molecule is C=C/C=C1/C(=C\CC)N2CCCCC2CN1/C=C(\C)C(=C)c1ccc(F)cc1F. The van der Waals surface area contributed by atoms with Crippen molar-refractivity contribution in [3.63, 3.8) is 0 Å². The van der Waals surface area contributed by atoms with Gasteiger partial charge in [0.2, 0.25) is 0 Å². The second kappa shape index (κ2) is 9.25. The lowest BCUT2D eigenvalue weighted by atomic mass is 9.95. The molecule has 154 valence electrons. The number of nitrogens with zero attached hydrogens (tertiary/aromatic N) is 2. The van der Waals surface area contributed by atoms with Gasteiger partial charge in [0.15, 0.2) is 0 Å². The molecule has 1 unspecified atom stereocenters. The number of hydrogen-bond acceptors (Lipinski definition) is 2. The molecule has 0 saturated carbocycles. The molecule has 0 bridgehead atoms. The van der Waals surface area contributed by atoms with E-state index in [2.05, 4.69) is 36.0 Å². The molecule has 1 atom stereocenters. The van der Waals surface area contributed by atoms with Crippen molar-refractivity contribution in [3.8, 4) is 0 Å². The summed E-state index contributed by atoms with van der Waals surface area (Å²) >= 11 is 0. The second-order valence-electron chi connectivity index (χ2n) is 7.70. The number of piperidine rings is 1. The normalized spacial score (nSPS) is 22.8. The first-order chi connectivity index (χ1) is 14.0. The molecule has 4 heteroatoms.